The Morgan fingerprint density at radius 1 is 1.17 bits per heavy atom. The number of hydrogen-bond donors (Lipinski definition) is 1. The third kappa shape index (κ3) is 5.16. The van der Waals surface area contributed by atoms with Crippen molar-refractivity contribution in [3.8, 4) is 0 Å². The molecule has 2 atom stereocenters. The third-order valence-electron chi connectivity index (χ3n) is 4.27. The molecule has 1 aliphatic carbocycles. The van der Waals surface area contributed by atoms with Gasteiger partial charge in [0.25, 0.3) is 5.91 Å². The molecule has 1 aromatic carbocycles. The Balaban J connectivity index is 1.95. The molecule has 1 N–H and O–H groups in total. The summed E-state index contributed by atoms with van der Waals surface area (Å²) in [5.74, 6) is -0.894. The van der Waals surface area contributed by atoms with Crippen LogP contribution in [0.25, 0.3) is 0 Å². The predicted molar refractivity (Wildman–Crippen MR) is 93.3 cm³/mol. The number of esters is 1. The molecular formula is C18H25NO4S. The van der Waals surface area contributed by atoms with Crippen LogP contribution in [0, 0.1) is 0 Å². The minimum atomic E-state index is -1.30. The first kappa shape index (κ1) is 18.6. The van der Waals surface area contributed by atoms with Crippen LogP contribution in [0.4, 0.5) is 0 Å². The Morgan fingerprint density at radius 2 is 1.79 bits per heavy atom. The minimum absolute atomic E-state index is 0.164. The van der Waals surface area contributed by atoms with Crippen molar-refractivity contribution in [3.05, 3.63) is 29.8 Å². The van der Waals surface area contributed by atoms with E-state index in [1.807, 2.05) is 0 Å². The summed E-state index contributed by atoms with van der Waals surface area (Å²) in [6, 6.07) is 6.76. The molecule has 0 saturated heterocycles. The summed E-state index contributed by atoms with van der Waals surface area (Å²) in [6.45, 7) is 1.56. The highest BCUT2D eigenvalue weighted by Crippen LogP contribution is 2.18. The Hall–Kier alpha value is -1.69. The van der Waals surface area contributed by atoms with Crippen LogP contribution in [0.5, 0.6) is 0 Å². The number of rotatable bonds is 5. The topological polar surface area (TPSA) is 72.5 Å². The molecule has 0 unspecified atom stereocenters. The van der Waals surface area contributed by atoms with E-state index in [1.165, 1.54) is 19.1 Å². The highest BCUT2D eigenvalue weighted by atomic mass is 32.2. The molecule has 0 aliphatic heterocycles. The second kappa shape index (κ2) is 8.97. The monoisotopic (exact) mass is 351 g/mol. The van der Waals surface area contributed by atoms with Gasteiger partial charge in [0.15, 0.2) is 6.10 Å². The van der Waals surface area contributed by atoms with Crippen LogP contribution in [0.3, 0.4) is 0 Å². The highest BCUT2D eigenvalue weighted by molar-refractivity contribution is 7.84. The van der Waals surface area contributed by atoms with E-state index < -0.39 is 22.9 Å². The van der Waals surface area contributed by atoms with Crippen molar-refractivity contribution in [1.82, 2.24) is 5.32 Å². The van der Waals surface area contributed by atoms with Crippen molar-refractivity contribution in [3.63, 3.8) is 0 Å². The molecule has 132 valence electrons. The van der Waals surface area contributed by atoms with E-state index >= 15 is 0 Å². The molecule has 5 nitrogen and oxygen atoms in total. The van der Waals surface area contributed by atoms with Crippen molar-refractivity contribution in [2.75, 3.05) is 6.26 Å². The number of benzene rings is 1. The summed E-state index contributed by atoms with van der Waals surface area (Å²) < 4.78 is 17.0. The number of amides is 1. The van der Waals surface area contributed by atoms with Crippen molar-refractivity contribution in [1.29, 1.82) is 0 Å². The molecule has 1 aliphatic rings. The Labute approximate surface area is 145 Å². The predicted octanol–water partition coefficient (Wildman–Crippen LogP) is 2.81. The summed E-state index contributed by atoms with van der Waals surface area (Å²) in [5, 5.41) is 2.98. The van der Waals surface area contributed by atoms with E-state index in [0.29, 0.717) is 4.90 Å². The van der Waals surface area contributed by atoms with E-state index in [-0.39, 0.29) is 17.5 Å². The Morgan fingerprint density at radius 3 is 2.42 bits per heavy atom. The van der Waals surface area contributed by atoms with Crippen LogP contribution in [0.2, 0.25) is 0 Å². The summed E-state index contributed by atoms with van der Waals surface area (Å²) in [7, 11) is -1.30. The van der Waals surface area contributed by atoms with Crippen LogP contribution >= 0.6 is 0 Å². The quantitative estimate of drug-likeness (QED) is 0.654. The molecule has 0 bridgehead atoms. The van der Waals surface area contributed by atoms with Crippen molar-refractivity contribution in [2.24, 2.45) is 0 Å². The van der Waals surface area contributed by atoms with E-state index in [4.69, 9.17) is 4.74 Å². The van der Waals surface area contributed by atoms with Crippen LogP contribution in [0.1, 0.15) is 55.8 Å². The van der Waals surface area contributed by atoms with Gasteiger partial charge in [-0.15, -0.1) is 0 Å². The first-order chi connectivity index (χ1) is 11.5. The first-order valence-electron chi connectivity index (χ1n) is 8.43. The summed E-state index contributed by atoms with van der Waals surface area (Å²) in [4.78, 5) is 25.0. The van der Waals surface area contributed by atoms with Gasteiger partial charge in [-0.05, 0) is 31.9 Å². The molecule has 0 heterocycles. The smallest absolute Gasteiger partial charge is 0.340 e. The van der Waals surface area contributed by atoms with Gasteiger partial charge in [-0.3, -0.25) is 9.00 Å². The molecule has 0 spiro atoms. The summed E-state index contributed by atoms with van der Waals surface area (Å²) in [6.07, 6.45) is 7.24. The maximum absolute atomic E-state index is 12.3. The molecule has 0 radical (unpaired) electrons. The van der Waals surface area contributed by atoms with Gasteiger partial charge in [-0.2, -0.15) is 0 Å². The second-order valence-corrected chi connectivity index (χ2v) is 7.54. The van der Waals surface area contributed by atoms with Crippen molar-refractivity contribution < 1.29 is 18.5 Å². The number of nitrogens with one attached hydrogen (secondary N) is 1. The largest absolute Gasteiger partial charge is 0.449 e. The van der Waals surface area contributed by atoms with Crippen molar-refractivity contribution in [2.45, 2.75) is 62.5 Å². The summed E-state index contributed by atoms with van der Waals surface area (Å²) in [5.41, 5.74) is 0.243. The zero-order valence-electron chi connectivity index (χ0n) is 14.2. The fourth-order valence-corrected chi connectivity index (χ4v) is 3.64. The maximum Gasteiger partial charge on any atom is 0.340 e. The van der Waals surface area contributed by atoms with E-state index in [0.717, 1.165) is 25.7 Å². The molecular weight excluding hydrogens is 326 g/mol. The van der Waals surface area contributed by atoms with Gasteiger partial charge < -0.3 is 10.1 Å². The Kier molecular flexibility index (Phi) is 6.97. The number of carbonyl (C=O) groups is 2. The number of carbonyl (C=O) groups excluding carboxylic acids is 2. The fraction of sp³-hybridized carbons (Fsp3) is 0.556. The maximum atomic E-state index is 12.3. The lowest BCUT2D eigenvalue weighted by Gasteiger charge is -2.20. The molecule has 24 heavy (non-hydrogen) atoms. The molecule has 2 rings (SSSR count). The highest BCUT2D eigenvalue weighted by Gasteiger charge is 2.23. The third-order valence-corrected chi connectivity index (χ3v) is 5.25. The standard InChI is InChI=1S/C18H25NO4S/c1-13(17(20)19-14-9-5-3-4-6-10-14)23-18(21)15-11-7-8-12-16(15)24(2)22/h7-8,11-14H,3-6,9-10H2,1-2H3,(H,19,20)/t13-,24-/m1/s1. The van der Waals surface area contributed by atoms with Gasteiger partial charge in [-0.1, -0.05) is 37.8 Å². The van der Waals surface area contributed by atoms with Crippen LogP contribution < -0.4 is 5.32 Å². The molecule has 1 fully saturated rings. The van der Waals surface area contributed by atoms with Crippen LogP contribution in [-0.2, 0) is 20.3 Å². The fourth-order valence-electron chi connectivity index (χ4n) is 2.91. The molecule has 0 aromatic heterocycles. The average molecular weight is 351 g/mol. The normalized spacial score (nSPS) is 18.2. The SMILES string of the molecule is C[C@@H](OC(=O)c1ccccc1[S@@](C)=O)C(=O)NC1CCCCCC1. The second-order valence-electron chi connectivity index (χ2n) is 6.19. The lowest BCUT2D eigenvalue weighted by molar-refractivity contribution is -0.129. The number of hydrogen-bond acceptors (Lipinski definition) is 4. The van der Waals surface area contributed by atoms with E-state index in [1.54, 1.807) is 31.2 Å². The molecule has 6 heteroatoms. The van der Waals surface area contributed by atoms with E-state index in [9.17, 15) is 13.8 Å². The lowest BCUT2D eigenvalue weighted by atomic mass is 10.1. The molecule has 1 amide bonds. The van der Waals surface area contributed by atoms with Crippen LogP contribution in [0.15, 0.2) is 29.2 Å². The number of ether oxygens (including phenoxy) is 1. The zero-order valence-corrected chi connectivity index (χ0v) is 15.1. The average Bonchev–Trinajstić information content (AvgIpc) is 2.83. The van der Waals surface area contributed by atoms with Gasteiger partial charge in [0.05, 0.1) is 21.3 Å². The van der Waals surface area contributed by atoms with Gasteiger partial charge in [-0.25, -0.2) is 4.79 Å². The lowest BCUT2D eigenvalue weighted by Crippen LogP contribution is -2.41. The molecule has 1 saturated carbocycles. The van der Waals surface area contributed by atoms with Gasteiger partial charge in [0.1, 0.15) is 0 Å². The van der Waals surface area contributed by atoms with E-state index in [2.05, 4.69) is 5.32 Å². The van der Waals surface area contributed by atoms with Crippen LogP contribution in [-0.4, -0.2) is 34.5 Å². The Bertz CT molecular complexity index is 609. The first-order valence-corrected chi connectivity index (χ1v) is 9.98. The van der Waals surface area contributed by atoms with Crippen molar-refractivity contribution >= 4 is 22.7 Å². The summed E-state index contributed by atoms with van der Waals surface area (Å²) >= 11 is 0. The van der Waals surface area contributed by atoms with Gasteiger partial charge in [0.2, 0.25) is 0 Å². The van der Waals surface area contributed by atoms with Gasteiger partial charge >= 0.3 is 5.97 Å². The molecule has 1 aromatic rings. The minimum Gasteiger partial charge on any atom is -0.449 e. The zero-order chi connectivity index (χ0) is 17.5. The van der Waals surface area contributed by atoms with Gasteiger partial charge in [0, 0.05) is 12.3 Å².